The molecule has 30 heavy (non-hydrogen) atoms. The second kappa shape index (κ2) is 8.30. The number of allylic oxidation sites excluding steroid dienone is 2. The molecule has 4 rings (SSSR count). The third-order valence-corrected chi connectivity index (χ3v) is 5.69. The molecule has 0 radical (unpaired) electrons. The van der Waals surface area contributed by atoms with Crippen LogP contribution in [0, 0.1) is 23.7 Å². The van der Waals surface area contributed by atoms with Crippen LogP contribution in [-0.2, 0) is 19.1 Å². The summed E-state index contributed by atoms with van der Waals surface area (Å²) in [6.07, 6.45) is 6.44. The largest absolute Gasteiger partial charge is 0.490 e. The Morgan fingerprint density at radius 1 is 1.07 bits per heavy atom. The predicted molar refractivity (Wildman–Crippen MR) is 107 cm³/mol. The molecule has 4 atom stereocenters. The highest BCUT2D eigenvalue weighted by atomic mass is 16.6. The van der Waals surface area contributed by atoms with Gasteiger partial charge in [-0.2, -0.15) is 10.1 Å². The van der Waals surface area contributed by atoms with Gasteiger partial charge in [0.25, 0.3) is 11.8 Å². The van der Waals surface area contributed by atoms with Crippen molar-refractivity contribution in [3.05, 3.63) is 35.9 Å². The van der Waals surface area contributed by atoms with E-state index in [4.69, 9.17) is 14.2 Å². The molecule has 0 spiro atoms. The van der Waals surface area contributed by atoms with Crippen LogP contribution in [0.25, 0.3) is 0 Å². The molecule has 8 heteroatoms. The second-order valence-electron chi connectivity index (χ2n) is 7.47. The summed E-state index contributed by atoms with van der Waals surface area (Å²) in [5.41, 5.74) is 0.640. The third-order valence-electron chi connectivity index (χ3n) is 5.69. The number of hydrogen-bond donors (Lipinski definition) is 0. The number of hydrogen-bond acceptors (Lipinski definition) is 7. The average Bonchev–Trinajstić information content (AvgIpc) is 3.41. The van der Waals surface area contributed by atoms with Crippen LogP contribution >= 0.6 is 0 Å². The predicted octanol–water partition coefficient (Wildman–Crippen LogP) is 2.17. The van der Waals surface area contributed by atoms with E-state index >= 15 is 0 Å². The van der Waals surface area contributed by atoms with Gasteiger partial charge in [0, 0.05) is 0 Å². The molecule has 1 heterocycles. The molecular weight excluding hydrogens is 388 g/mol. The Bertz CT molecular complexity index is 894. The lowest BCUT2D eigenvalue weighted by Crippen LogP contribution is -2.28. The SMILES string of the molecule is CCOC(=O)COc1ccc(C=NN2C(=O)C3C4C=CC(C4)C3C2=O)cc1OCC. The molecule has 1 aliphatic heterocycles. The van der Waals surface area contributed by atoms with Gasteiger partial charge in [-0.15, -0.1) is 0 Å². The Balaban J connectivity index is 1.47. The van der Waals surface area contributed by atoms with E-state index in [0.717, 1.165) is 11.4 Å². The van der Waals surface area contributed by atoms with E-state index in [1.54, 1.807) is 25.1 Å². The summed E-state index contributed by atoms with van der Waals surface area (Å²) in [6, 6.07) is 5.05. The fraction of sp³-hybridized carbons (Fsp3) is 0.455. The number of nitrogens with zero attached hydrogens (tertiary/aromatic N) is 2. The van der Waals surface area contributed by atoms with Gasteiger partial charge in [0.2, 0.25) is 0 Å². The first kappa shape index (κ1) is 20.1. The van der Waals surface area contributed by atoms with Crippen LogP contribution in [0.5, 0.6) is 11.5 Å². The van der Waals surface area contributed by atoms with E-state index in [-0.39, 0.29) is 48.7 Å². The van der Waals surface area contributed by atoms with E-state index in [0.29, 0.717) is 23.7 Å². The quantitative estimate of drug-likeness (QED) is 0.281. The molecule has 1 saturated heterocycles. The zero-order valence-electron chi connectivity index (χ0n) is 16.9. The third kappa shape index (κ3) is 3.58. The van der Waals surface area contributed by atoms with Crippen LogP contribution in [0.3, 0.4) is 0 Å². The van der Waals surface area contributed by atoms with Crippen molar-refractivity contribution in [2.24, 2.45) is 28.8 Å². The normalized spacial score (nSPS) is 26.5. The number of amides is 2. The van der Waals surface area contributed by atoms with E-state index in [9.17, 15) is 14.4 Å². The van der Waals surface area contributed by atoms with Crippen molar-refractivity contribution in [3.8, 4) is 11.5 Å². The van der Waals surface area contributed by atoms with Crippen LogP contribution in [0.1, 0.15) is 25.8 Å². The lowest BCUT2D eigenvalue weighted by Gasteiger charge is -2.13. The standard InChI is InChI=1S/C22H24N2O6/c1-3-28-17-9-13(5-8-16(17)30-12-18(25)29-4-2)11-23-24-21(26)19-14-6-7-15(10-14)20(19)22(24)27/h5-9,11,14-15,19-20H,3-4,10,12H2,1-2H3. The maximum atomic E-state index is 12.7. The Morgan fingerprint density at radius 2 is 1.77 bits per heavy atom. The first-order valence-electron chi connectivity index (χ1n) is 10.2. The molecule has 8 nitrogen and oxygen atoms in total. The summed E-state index contributed by atoms with van der Waals surface area (Å²) >= 11 is 0. The molecule has 2 bridgehead atoms. The molecule has 2 fully saturated rings. The zero-order valence-corrected chi connectivity index (χ0v) is 16.9. The topological polar surface area (TPSA) is 94.5 Å². The molecule has 0 N–H and O–H groups in total. The van der Waals surface area contributed by atoms with Crippen molar-refractivity contribution in [3.63, 3.8) is 0 Å². The van der Waals surface area contributed by atoms with Gasteiger partial charge in [0.15, 0.2) is 18.1 Å². The van der Waals surface area contributed by atoms with Crippen molar-refractivity contribution in [1.29, 1.82) is 0 Å². The zero-order chi connectivity index (χ0) is 21.3. The molecule has 4 unspecified atom stereocenters. The van der Waals surface area contributed by atoms with Gasteiger partial charge in [0.1, 0.15) is 0 Å². The van der Waals surface area contributed by atoms with E-state index in [1.807, 2.05) is 19.1 Å². The average molecular weight is 412 g/mol. The molecule has 1 aromatic rings. The molecule has 0 aromatic heterocycles. The lowest BCUT2D eigenvalue weighted by molar-refractivity contribution is -0.145. The molecule has 1 saturated carbocycles. The van der Waals surface area contributed by atoms with Gasteiger partial charge in [-0.05, 0) is 55.9 Å². The summed E-state index contributed by atoms with van der Waals surface area (Å²) in [5.74, 6) is -0.337. The summed E-state index contributed by atoms with van der Waals surface area (Å²) in [6.45, 7) is 4.01. The fourth-order valence-corrected chi connectivity index (χ4v) is 4.46. The first-order valence-corrected chi connectivity index (χ1v) is 10.2. The van der Waals surface area contributed by atoms with Crippen LogP contribution in [0.4, 0.5) is 0 Å². The monoisotopic (exact) mass is 412 g/mol. The van der Waals surface area contributed by atoms with Crippen molar-refractivity contribution in [2.75, 3.05) is 19.8 Å². The van der Waals surface area contributed by atoms with Gasteiger partial charge >= 0.3 is 5.97 Å². The number of imide groups is 1. The van der Waals surface area contributed by atoms with Gasteiger partial charge in [0.05, 0.1) is 31.3 Å². The summed E-state index contributed by atoms with van der Waals surface area (Å²) in [5, 5.41) is 5.18. The van der Waals surface area contributed by atoms with Crippen LogP contribution in [0.2, 0.25) is 0 Å². The number of benzene rings is 1. The molecule has 158 valence electrons. The molecule has 2 aliphatic carbocycles. The van der Waals surface area contributed by atoms with Crippen LogP contribution < -0.4 is 9.47 Å². The maximum absolute atomic E-state index is 12.7. The number of fused-ring (bicyclic) bond motifs is 5. The molecule has 3 aliphatic rings. The molecular formula is C22H24N2O6. The van der Waals surface area contributed by atoms with Gasteiger partial charge in [-0.1, -0.05) is 12.2 Å². The van der Waals surface area contributed by atoms with E-state index in [2.05, 4.69) is 5.10 Å². The molecule has 1 aromatic carbocycles. The number of carbonyl (C=O) groups is 3. The van der Waals surface area contributed by atoms with Gasteiger partial charge in [-0.3, -0.25) is 9.59 Å². The minimum absolute atomic E-state index is 0.150. The fourth-order valence-electron chi connectivity index (χ4n) is 4.46. The van der Waals surface area contributed by atoms with Gasteiger partial charge < -0.3 is 14.2 Å². The van der Waals surface area contributed by atoms with E-state index in [1.165, 1.54) is 6.21 Å². The Kier molecular flexibility index (Phi) is 5.57. The Morgan fingerprint density at radius 3 is 2.40 bits per heavy atom. The van der Waals surface area contributed by atoms with Crippen LogP contribution in [0.15, 0.2) is 35.5 Å². The number of rotatable bonds is 8. The van der Waals surface area contributed by atoms with Crippen molar-refractivity contribution in [1.82, 2.24) is 5.01 Å². The Hall–Kier alpha value is -3.16. The summed E-state index contributed by atoms with van der Waals surface area (Å²) in [7, 11) is 0. The number of esters is 1. The van der Waals surface area contributed by atoms with E-state index < -0.39 is 5.97 Å². The highest BCUT2D eigenvalue weighted by Gasteiger charge is 2.59. The number of ether oxygens (including phenoxy) is 3. The molecule has 2 amide bonds. The number of carbonyl (C=O) groups excluding carboxylic acids is 3. The Labute approximate surface area is 174 Å². The van der Waals surface area contributed by atoms with Crippen molar-refractivity contribution < 1.29 is 28.6 Å². The minimum atomic E-state index is -0.467. The summed E-state index contributed by atoms with van der Waals surface area (Å²) < 4.78 is 15.9. The maximum Gasteiger partial charge on any atom is 0.344 e. The summed E-state index contributed by atoms with van der Waals surface area (Å²) in [4.78, 5) is 36.9. The number of hydrazone groups is 1. The highest BCUT2D eigenvalue weighted by molar-refractivity contribution is 6.06. The highest BCUT2D eigenvalue weighted by Crippen LogP contribution is 2.52. The minimum Gasteiger partial charge on any atom is -0.490 e. The second-order valence-corrected chi connectivity index (χ2v) is 7.47. The van der Waals surface area contributed by atoms with Crippen molar-refractivity contribution in [2.45, 2.75) is 20.3 Å². The lowest BCUT2D eigenvalue weighted by atomic mass is 9.85. The van der Waals surface area contributed by atoms with Gasteiger partial charge in [-0.25, -0.2) is 4.79 Å². The van der Waals surface area contributed by atoms with Crippen molar-refractivity contribution >= 4 is 24.0 Å². The smallest absolute Gasteiger partial charge is 0.344 e. The first-order chi connectivity index (χ1) is 14.5. The van der Waals surface area contributed by atoms with Crippen LogP contribution in [-0.4, -0.2) is 48.8 Å².